The van der Waals surface area contributed by atoms with E-state index >= 15 is 0 Å². The number of hydrogen-bond donors (Lipinski definition) is 0. The maximum absolute atomic E-state index is 13.3. The molecule has 2 aromatic heterocycles. The van der Waals surface area contributed by atoms with Crippen molar-refractivity contribution in [1.29, 1.82) is 0 Å². The third-order valence-electron chi connectivity index (χ3n) is 6.79. The minimum Gasteiger partial charge on any atom is -0.497 e. The summed E-state index contributed by atoms with van der Waals surface area (Å²) in [5.74, 6) is 2.56. The van der Waals surface area contributed by atoms with Crippen LogP contribution in [0.25, 0.3) is 5.65 Å². The van der Waals surface area contributed by atoms with Crippen LogP contribution >= 0.6 is 0 Å². The molecule has 0 N–H and O–H groups in total. The van der Waals surface area contributed by atoms with Crippen LogP contribution in [-0.4, -0.2) is 52.1 Å². The van der Waals surface area contributed by atoms with E-state index in [1.165, 1.54) is 6.42 Å². The van der Waals surface area contributed by atoms with Crippen molar-refractivity contribution in [3.63, 3.8) is 0 Å². The number of piperidine rings is 1. The highest BCUT2D eigenvalue weighted by Gasteiger charge is 2.31. The molecule has 7 heteroatoms. The van der Waals surface area contributed by atoms with Crippen LogP contribution in [0.4, 0.5) is 5.82 Å². The van der Waals surface area contributed by atoms with Gasteiger partial charge in [-0.05, 0) is 62.8 Å². The Balaban J connectivity index is 1.44. The molecule has 32 heavy (non-hydrogen) atoms. The summed E-state index contributed by atoms with van der Waals surface area (Å²) >= 11 is 0. The van der Waals surface area contributed by atoms with Gasteiger partial charge in [-0.1, -0.05) is 6.92 Å². The predicted molar refractivity (Wildman–Crippen MR) is 124 cm³/mol. The maximum Gasteiger partial charge on any atom is 0.254 e. The second kappa shape index (κ2) is 8.45. The van der Waals surface area contributed by atoms with Gasteiger partial charge in [0.2, 0.25) is 0 Å². The van der Waals surface area contributed by atoms with E-state index in [4.69, 9.17) is 14.8 Å². The van der Waals surface area contributed by atoms with Gasteiger partial charge < -0.3 is 14.5 Å². The van der Waals surface area contributed by atoms with E-state index in [9.17, 15) is 4.79 Å². The first-order chi connectivity index (χ1) is 15.5. The number of benzene rings is 1. The normalized spacial score (nSPS) is 21.3. The summed E-state index contributed by atoms with van der Waals surface area (Å²) in [4.78, 5) is 22.7. The second-order valence-electron chi connectivity index (χ2n) is 9.20. The van der Waals surface area contributed by atoms with Gasteiger partial charge in [0.25, 0.3) is 5.91 Å². The number of hydrogen-bond acceptors (Lipinski definition) is 5. The molecule has 2 fully saturated rings. The first-order valence-electron chi connectivity index (χ1n) is 11.6. The number of methoxy groups -OCH3 is 1. The topological polar surface area (TPSA) is 63.0 Å². The minimum absolute atomic E-state index is 0.0318. The molecule has 2 aliphatic rings. The average molecular weight is 434 g/mol. The molecule has 5 rings (SSSR count). The fourth-order valence-electron chi connectivity index (χ4n) is 5.01. The van der Waals surface area contributed by atoms with Gasteiger partial charge in [0.05, 0.1) is 18.8 Å². The Morgan fingerprint density at radius 1 is 1.12 bits per heavy atom. The molecule has 4 heterocycles. The summed E-state index contributed by atoms with van der Waals surface area (Å²) in [6, 6.07) is 9.38. The lowest BCUT2D eigenvalue weighted by atomic mass is 9.98. The lowest BCUT2D eigenvalue weighted by Crippen LogP contribution is -2.38. The Hall–Kier alpha value is -3.09. The molecule has 0 saturated carbocycles. The molecule has 3 aromatic rings. The Labute approximate surface area is 189 Å². The number of carbonyl (C=O) groups is 1. The van der Waals surface area contributed by atoms with Crippen molar-refractivity contribution in [2.24, 2.45) is 5.92 Å². The van der Waals surface area contributed by atoms with E-state index in [1.54, 1.807) is 7.11 Å². The van der Waals surface area contributed by atoms with Gasteiger partial charge in [-0.2, -0.15) is 5.10 Å². The Morgan fingerprint density at radius 3 is 2.66 bits per heavy atom. The number of fused-ring (bicyclic) bond motifs is 1. The molecule has 7 nitrogen and oxygen atoms in total. The van der Waals surface area contributed by atoms with E-state index in [0.29, 0.717) is 11.5 Å². The summed E-state index contributed by atoms with van der Waals surface area (Å²) in [6.45, 7) is 7.25. The molecule has 2 atom stereocenters. The fourth-order valence-corrected chi connectivity index (χ4v) is 5.01. The fraction of sp³-hybridized carbons (Fsp3) is 0.480. The molecule has 0 radical (unpaired) electrons. The third-order valence-corrected chi connectivity index (χ3v) is 6.79. The van der Waals surface area contributed by atoms with Gasteiger partial charge >= 0.3 is 0 Å². The lowest BCUT2D eigenvalue weighted by molar-refractivity contribution is 0.0605. The predicted octanol–water partition coefficient (Wildman–Crippen LogP) is 4.26. The molecule has 2 aliphatic heterocycles. The van der Waals surface area contributed by atoms with Gasteiger partial charge in [0, 0.05) is 43.0 Å². The number of likely N-dealkylation sites (tertiary alicyclic amines) is 1. The van der Waals surface area contributed by atoms with Crippen LogP contribution in [0.3, 0.4) is 0 Å². The first-order valence-corrected chi connectivity index (χ1v) is 11.6. The summed E-state index contributed by atoms with van der Waals surface area (Å²) < 4.78 is 7.11. The Bertz CT molecular complexity index is 1120. The van der Waals surface area contributed by atoms with Crippen LogP contribution in [0, 0.1) is 12.8 Å². The highest BCUT2D eigenvalue weighted by molar-refractivity contribution is 5.94. The number of anilines is 1. The van der Waals surface area contributed by atoms with Gasteiger partial charge in [-0.15, -0.1) is 0 Å². The minimum atomic E-state index is -0.0318. The van der Waals surface area contributed by atoms with Crippen molar-refractivity contribution in [3.05, 3.63) is 53.3 Å². The van der Waals surface area contributed by atoms with Gasteiger partial charge in [-0.3, -0.25) is 4.79 Å². The van der Waals surface area contributed by atoms with E-state index in [0.717, 1.165) is 67.4 Å². The number of ether oxygens (including phenoxy) is 1. The molecule has 2 saturated heterocycles. The molecule has 0 unspecified atom stereocenters. The van der Waals surface area contributed by atoms with Crippen LogP contribution in [-0.2, 0) is 0 Å². The van der Waals surface area contributed by atoms with E-state index < -0.39 is 0 Å². The summed E-state index contributed by atoms with van der Waals surface area (Å²) in [5.41, 5.74) is 3.59. The van der Waals surface area contributed by atoms with E-state index in [1.807, 2.05) is 33.7 Å². The summed E-state index contributed by atoms with van der Waals surface area (Å²) in [5, 5.41) is 4.86. The third kappa shape index (κ3) is 3.80. The smallest absolute Gasteiger partial charge is 0.254 e. The van der Waals surface area contributed by atoms with E-state index in [2.05, 4.69) is 31.0 Å². The van der Waals surface area contributed by atoms with Crippen molar-refractivity contribution >= 4 is 17.4 Å². The molecule has 1 amide bonds. The summed E-state index contributed by atoms with van der Waals surface area (Å²) in [6.07, 6.45) is 6.31. The van der Waals surface area contributed by atoms with Crippen molar-refractivity contribution in [3.8, 4) is 5.75 Å². The van der Waals surface area contributed by atoms with Gasteiger partial charge in [-0.25, -0.2) is 9.50 Å². The van der Waals surface area contributed by atoms with Crippen LogP contribution in [0.2, 0.25) is 0 Å². The Morgan fingerprint density at radius 2 is 1.94 bits per heavy atom. The lowest BCUT2D eigenvalue weighted by Gasteiger charge is -2.34. The maximum atomic E-state index is 13.3. The molecule has 1 aromatic carbocycles. The number of rotatable bonds is 4. The second-order valence-corrected chi connectivity index (χ2v) is 9.20. The van der Waals surface area contributed by atoms with Crippen LogP contribution < -0.4 is 9.64 Å². The zero-order valence-corrected chi connectivity index (χ0v) is 19.1. The summed E-state index contributed by atoms with van der Waals surface area (Å²) in [7, 11) is 1.63. The van der Waals surface area contributed by atoms with Gasteiger partial charge in [0.1, 0.15) is 11.6 Å². The molecule has 0 spiro atoms. The van der Waals surface area contributed by atoms with Crippen LogP contribution in [0.1, 0.15) is 60.3 Å². The molecule has 0 aliphatic carbocycles. The SMILES string of the molecule is COc1ccc(C(=O)N2CCCC[C@H]2c2cc3nc(N4CC[C@H](C)C4)c(C)cn3n2)cc1. The van der Waals surface area contributed by atoms with Crippen molar-refractivity contribution in [2.45, 2.75) is 45.6 Å². The van der Waals surface area contributed by atoms with Crippen molar-refractivity contribution in [2.75, 3.05) is 31.6 Å². The standard InChI is InChI=1S/C25H31N5O2/c1-17-11-13-28(15-17)24-18(2)16-30-23(26-24)14-21(27-30)22-6-4-5-12-29(22)25(31)19-7-9-20(32-3)10-8-19/h7-10,14,16-17,22H,4-6,11-13,15H2,1-3H3/t17-,22-/m0/s1. The van der Waals surface area contributed by atoms with Crippen molar-refractivity contribution < 1.29 is 9.53 Å². The number of nitrogens with zero attached hydrogens (tertiary/aromatic N) is 5. The molecular formula is C25H31N5O2. The number of aromatic nitrogens is 3. The molecular weight excluding hydrogens is 402 g/mol. The molecule has 0 bridgehead atoms. The quantitative estimate of drug-likeness (QED) is 0.615. The first kappa shape index (κ1) is 20.8. The molecule has 168 valence electrons. The number of carbonyl (C=O) groups excluding carboxylic acids is 1. The number of aryl methyl sites for hydroxylation is 1. The number of amides is 1. The zero-order valence-electron chi connectivity index (χ0n) is 19.1. The van der Waals surface area contributed by atoms with E-state index in [-0.39, 0.29) is 11.9 Å². The Kier molecular flexibility index (Phi) is 5.49. The van der Waals surface area contributed by atoms with Gasteiger partial charge in [0.15, 0.2) is 5.65 Å². The largest absolute Gasteiger partial charge is 0.497 e. The zero-order chi connectivity index (χ0) is 22.2. The monoisotopic (exact) mass is 433 g/mol. The van der Waals surface area contributed by atoms with Crippen LogP contribution in [0.15, 0.2) is 36.5 Å². The van der Waals surface area contributed by atoms with Crippen molar-refractivity contribution in [1.82, 2.24) is 19.5 Å². The van der Waals surface area contributed by atoms with Crippen LogP contribution in [0.5, 0.6) is 5.75 Å². The average Bonchev–Trinajstić information content (AvgIpc) is 3.43. The highest BCUT2D eigenvalue weighted by Crippen LogP contribution is 2.33. The highest BCUT2D eigenvalue weighted by atomic mass is 16.5.